The van der Waals surface area contributed by atoms with Crippen molar-refractivity contribution in [1.29, 1.82) is 0 Å². The molecule has 8 nitrogen and oxygen atoms in total. The van der Waals surface area contributed by atoms with Gasteiger partial charge in [0.05, 0.1) is 26.2 Å². The predicted molar refractivity (Wildman–Crippen MR) is 94.7 cm³/mol. The highest BCUT2D eigenvalue weighted by Gasteiger charge is 2.26. The summed E-state index contributed by atoms with van der Waals surface area (Å²) in [4.78, 5) is 28.1. The number of methoxy groups -OCH3 is 2. The van der Waals surface area contributed by atoms with Crippen LogP contribution in [0, 0.1) is 0 Å². The summed E-state index contributed by atoms with van der Waals surface area (Å²) in [5.41, 5.74) is 0.533. The van der Waals surface area contributed by atoms with Gasteiger partial charge in [-0.3, -0.25) is 4.79 Å². The van der Waals surface area contributed by atoms with Crippen LogP contribution in [0.4, 0.5) is 10.5 Å². The summed E-state index contributed by atoms with van der Waals surface area (Å²) in [6.45, 7) is 1.76. The molecule has 3 amide bonds. The molecule has 0 bridgehead atoms. The minimum absolute atomic E-state index is 0.162. The maximum Gasteiger partial charge on any atom is 0.322 e. The minimum Gasteiger partial charge on any atom is -0.497 e. The zero-order chi connectivity index (χ0) is 18.5. The first kappa shape index (κ1) is 17.7. The number of hydrogen-bond donors (Lipinski definition) is 1. The van der Waals surface area contributed by atoms with Crippen LogP contribution in [0.15, 0.2) is 41.0 Å². The lowest BCUT2D eigenvalue weighted by Crippen LogP contribution is -2.51. The summed E-state index contributed by atoms with van der Waals surface area (Å²) in [5.74, 6) is 1.31. The van der Waals surface area contributed by atoms with Gasteiger partial charge >= 0.3 is 6.03 Å². The number of nitrogens with one attached hydrogen (secondary N) is 1. The normalized spacial score (nSPS) is 14.1. The Kier molecular flexibility index (Phi) is 5.31. The van der Waals surface area contributed by atoms with Crippen molar-refractivity contribution in [3.63, 3.8) is 0 Å². The quantitative estimate of drug-likeness (QED) is 0.905. The average Bonchev–Trinajstić information content (AvgIpc) is 3.22. The summed E-state index contributed by atoms with van der Waals surface area (Å²) < 4.78 is 15.6. The summed E-state index contributed by atoms with van der Waals surface area (Å²) in [6, 6.07) is 8.26. The van der Waals surface area contributed by atoms with Gasteiger partial charge in [0.25, 0.3) is 5.91 Å². The van der Waals surface area contributed by atoms with E-state index in [0.717, 1.165) is 0 Å². The Morgan fingerprint density at radius 1 is 1.04 bits per heavy atom. The third kappa shape index (κ3) is 3.74. The largest absolute Gasteiger partial charge is 0.497 e. The highest BCUT2D eigenvalue weighted by Crippen LogP contribution is 2.29. The maximum absolute atomic E-state index is 12.5. The van der Waals surface area contributed by atoms with E-state index in [-0.39, 0.29) is 11.9 Å². The molecule has 3 rings (SSSR count). The van der Waals surface area contributed by atoms with Crippen molar-refractivity contribution in [3.05, 3.63) is 42.4 Å². The molecule has 1 aromatic carbocycles. The van der Waals surface area contributed by atoms with E-state index in [2.05, 4.69) is 5.32 Å². The van der Waals surface area contributed by atoms with Crippen molar-refractivity contribution in [1.82, 2.24) is 9.80 Å². The van der Waals surface area contributed by atoms with Crippen LogP contribution in [0.3, 0.4) is 0 Å². The number of carbonyl (C=O) groups excluding carboxylic acids is 2. The first-order valence-electron chi connectivity index (χ1n) is 8.23. The van der Waals surface area contributed by atoms with E-state index in [1.54, 1.807) is 47.2 Å². The zero-order valence-electron chi connectivity index (χ0n) is 14.7. The number of hydrogen-bond acceptors (Lipinski definition) is 5. The molecule has 1 aliphatic rings. The molecule has 1 fully saturated rings. The number of amides is 3. The van der Waals surface area contributed by atoms with Crippen LogP contribution >= 0.6 is 0 Å². The molecular weight excluding hydrogens is 338 g/mol. The Balaban J connectivity index is 1.60. The van der Waals surface area contributed by atoms with Crippen molar-refractivity contribution in [2.75, 3.05) is 45.7 Å². The number of carbonyl (C=O) groups is 2. The summed E-state index contributed by atoms with van der Waals surface area (Å²) in [5, 5.41) is 2.84. The van der Waals surface area contributed by atoms with E-state index in [1.165, 1.54) is 13.4 Å². The molecule has 0 saturated carbocycles. The molecule has 0 atom stereocenters. The number of nitrogens with zero attached hydrogens (tertiary/aromatic N) is 2. The number of benzene rings is 1. The molecule has 1 aromatic heterocycles. The van der Waals surface area contributed by atoms with E-state index < -0.39 is 0 Å². The second kappa shape index (κ2) is 7.81. The molecule has 0 radical (unpaired) electrons. The van der Waals surface area contributed by atoms with E-state index in [9.17, 15) is 9.59 Å². The fraction of sp³-hybridized carbons (Fsp3) is 0.333. The Hall–Kier alpha value is -3.16. The number of piperazine rings is 1. The SMILES string of the molecule is COc1ccc(OC)c(NC(=O)N2CCN(C(=O)c3ccco3)CC2)c1. The Morgan fingerprint density at radius 2 is 1.77 bits per heavy atom. The van der Waals surface area contributed by atoms with Gasteiger partial charge in [0.2, 0.25) is 0 Å². The van der Waals surface area contributed by atoms with Crippen LogP contribution in [0.25, 0.3) is 0 Å². The van der Waals surface area contributed by atoms with Gasteiger partial charge in [0.15, 0.2) is 5.76 Å². The molecule has 1 N–H and O–H groups in total. The predicted octanol–water partition coefficient (Wildman–Crippen LogP) is 2.29. The third-order valence-electron chi connectivity index (χ3n) is 4.23. The van der Waals surface area contributed by atoms with Crippen LogP contribution < -0.4 is 14.8 Å². The molecule has 1 saturated heterocycles. The van der Waals surface area contributed by atoms with E-state index in [0.29, 0.717) is 49.1 Å². The molecule has 1 aliphatic heterocycles. The van der Waals surface area contributed by atoms with Crippen molar-refractivity contribution in [2.24, 2.45) is 0 Å². The zero-order valence-corrected chi connectivity index (χ0v) is 14.7. The number of rotatable bonds is 4. The third-order valence-corrected chi connectivity index (χ3v) is 4.23. The summed E-state index contributed by atoms with van der Waals surface area (Å²) in [7, 11) is 3.10. The van der Waals surface area contributed by atoms with Gasteiger partial charge in [0.1, 0.15) is 11.5 Å². The number of urea groups is 1. The monoisotopic (exact) mass is 359 g/mol. The number of anilines is 1. The molecule has 138 valence electrons. The van der Waals surface area contributed by atoms with Crippen molar-refractivity contribution < 1.29 is 23.5 Å². The molecule has 2 aromatic rings. The molecule has 0 unspecified atom stereocenters. The van der Waals surface area contributed by atoms with E-state index in [4.69, 9.17) is 13.9 Å². The lowest BCUT2D eigenvalue weighted by atomic mass is 10.2. The first-order chi connectivity index (χ1) is 12.6. The lowest BCUT2D eigenvalue weighted by molar-refractivity contribution is 0.0640. The van der Waals surface area contributed by atoms with E-state index in [1.807, 2.05) is 0 Å². The molecular formula is C18H21N3O5. The van der Waals surface area contributed by atoms with Gasteiger partial charge in [-0.05, 0) is 24.3 Å². The second-order valence-electron chi connectivity index (χ2n) is 5.75. The van der Waals surface area contributed by atoms with Gasteiger partial charge < -0.3 is 29.0 Å². The van der Waals surface area contributed by atoms with Gasteiger partial charge in [0, 0.05) is 32.2 Å². The highest BCUT2D eigenvalue weighted by atomic mass is 16.5. The first-order valence-corrected chi connectivity index (χ1v) is 8.23. The molecule has 0 spiro atoms. The minimum atomic E-state index is -0.248. The standard InChI is InChI=1S/C18H21N3O5/c1-24-13-5-6-15(25-2)14(12-13)19-18(23)21-9-7-20(8-10-21)17(22)16-4-3-11-26-16/h3-6,11-12H,7-10H2,1-2H3,(H,19,23). The molecule has 0 aliphatic carbocycles. The second-order valence-corrected chi connectivity index (χ2v) is 5.75. The Labute approximate surface area is 151 Å². The van der Waals surface area contributed by atoms with Crippen molar-refractivity contribution in [3.8, 4) is 11.5 Å². The lowest BCUT2D eigenvalue weighted by Gasteiger charge is -2.34. The fourth-order valence-corrected chi connectivity index (χ4v) is 2.77. The van der Waals surface area contributed by atoms with E-state index >= 15 is 0 Å². The maximum atomic E-state index is 12.5. The average molecular weight is 359 g/mol. The topological polar surface area (TPSA) is 84.3 Å². The summed E-state index contributed by atoms with van der Waals surface area (Å²) in [6.07, 6.45) is 1.47. The smallest absolute Gasteiger partial charge is 0.322 e. The number of ether oxygens (including phenoxy) is 2. The van der Waals surface area contributed by atoms with Gasteiger partial charge in [-0.25, -0.2) is 4.79 Å². The van der Waals surface area contributed by atoms with Gasteiger partial charge in [-0.1, -0.05) is 0 Å². The van der Waals surface area contributed by atoms with Crippen LogP contribution in [-0.2, 0) is 0 Å². The van der Waals surface area contributed by atoms with Crippen LogP contribution in [0.2, 0.25) is 0 Å². The Morgan fingerprint density at radius 3 is 2.38 bits per heavy atom. The van der Waals surface area contributed by atoms with Crippen LogP contribution in [0.5, 0.6) is 11.5 Å². The molecule has 2 heterocycles. The fourth-order valence-electron chi connectivity index (χ4n) is 2.77. The van der Waals surface area contributed by atoms with Gasteiger partial charge in [-0.2, -0.15) is 0 Å². The van der Waals surface area contributed by atoms with Crippen molar-refractivity contribution in [2.45, 2.75) is 0 Å². The van der Waals surface area contributed by atoms with Crippen LogP contribution in [0.1, 0.15) is 10.6 Å². The van der Waals surface area contributed by atoms with Gasteiger partial charge in [-0.15, -0.1) is 0 Å². The number of furan rings is 1. The molecule has 26 heavy (non-hydrogen) atoms. The van der Waals surface area contributed by atoms with Crippen molar-refractivity contribution >= 4 is 17.6 Å². The summed E-state index contributed by atoms with van der Waals surface area (Å²) >= 11 is 0. The Bertz CT molecular complexity index is 767. The van der Waals surface area contributed by atoms with Crippen LogP contribution in [-0.4, -0.2) is 62.1 Å². The molecule has 8 heteroatoms. The highest BCUT2D eigenvalue weighted by molar-refractivity contribution is 5.93.